The summed E-state index contributed by atoms with van der Waals surface area (Å²) >= 11 is 11.8. The van der Waals surface area contributed by atoms with E-state index in [9.17, 15) is 9.18 Å². The molecule has 1 heterocycles. The number of nitrogens with zero attached hydrogens (tertiary/aromatic N) is 1. The highest BCUT2D eigenvalue weighted by Gasteiger charge is 2.08. The number of carbonyl (C=O) groups is 1. The van der Waals surface area contributed by atoms with Gasteiger partial charge < -0.3 is 15.4 Å². The van der Waals surface area contributed by atoms with Gasteiger partial charge in [-0.1, -0.05) is 41.4 Å². The first-order valence-electron chi connectivity index (χ1n) is 8.32. The van der Waals surface area contributed by atoms with Crippen LogP contribution in [0.2, 0.25) is 10.0 Å². The Hall–Kier alpha value is -2.83. The molecule has 0 unspecified atom stereocenters. The average Bonchev–Trinajstić information content (AvgIpc) is 2.68. The number of amides is 1. The van der Waals surface area contributed by atoms with E-state index in [2.05, 4.69) is 15.6 Å². The van der Waals surface area contributed by atoms with Crippen molar-refractivity contribution in [3.63, 3.8) is 0 Å². The van der Waals surface area contributed by atoms with Gasteiger partial charge in [-0.15, -0.1) is 0 Å². The van der Waals surface area contributed by atoms with Crippen molar-refractivity contribution in [2.75, 3.05) is 17.2 Å². The Morgan fingerprint density at radius 2 is 1.93 bits per heavy atom. The Morgan fingerprint density at radius 3 is 2.64 bits per heavy atom. The molecule has 0 radical (unpaired) electrons. The summed E-state index contributed by atoms with van der Waals surface area (Å²) in [6.07, 6.45) is 1.50. The summed E-state index contributed by atoms with van der Waals surface area (Å²) in [6, 6.07) is 14.6. The van der Waals surface area contributed by atoms with Crippen molar-refractivity contribution in [1.29, 1.82) is 0 Å². The van der Waals surface area contributed by atoms with Gasteiger partial charge in [-0.3, -0.25) is 4.79 Å². The maximum Gasteiger partial charge on any atom is 0.262 e. The molecule has 8 heteroatoms. The molecule has 0 aliphatic carbocycles. The number of halogens is 3. The van der Waals surface area contributed by atoms with Crippen molar-refractivity contribution >= 4 is 40.6 Å². The first-order chi connectivity index (χ1) is 13.5. The van der Waals surface area contributed by atoms with Crippen LogP contribution in [-0.2, 0) is 11.3 Å². The molecule has 0 bridgehead atoms. The van der Waals surface area contributed by atoms with Gasteiger partial charge in [0.15, 0.2) is 6.61 Å². The molecule has 5 nitrogen and oxygen atoms in total. The van der Waals surface area contributed by atoms with Crippen LogP contribution in [0.25, 0.3) is 0 Å². The molecular weight excluding hydrogens is 404 g/mol. The Kier molecular flexibility index (Phi) is 6.68. The van der Waals surface area contributed by atoms with Gasteiger partial charge in [-0.2, -0.15) is 0 Å². The molecule has 2 N–H and O–H groups in total. The molecule has 3 aromatic rings. The zero-order chi connectivity index (χ0) is 19.9. The fraction of sp³-hybridized carbons (Fsp3) is 0.100. The minimum absolute atomic E-state index is 0.214. The predicted molar refractivity (Wildman–Crippen MR) is 109 cm³/mol. The lowest BCUT2D eigenvalue weighted by Gasteiger charge is -2.10. The number of aromatic nitrogens is 1. The third-order valence-corrected chi connectivity index (χ3v) is 4.25. The molecule has 2 aromatic carbocycles. The largest absolute Gasteiger partial charge is 0.482 e. The minimum Gasteiger partial charge on any atom is -0.482 e. The van der Waals surface area contributed by atoms with Gasteiger partial charge in [0, 0.05) is 17.1 Å². The molecule has 0 fully saturated rings. The van der Waals surface area contributed by atoms with Crippen LogP contribution < -0.4 is 15.4 Å². The van der Waals surface area contributed by atoms with Crippen LogP contribution in [0.4, 0.5) is 15.9 Å². The van der Waals surface area contributed by atoms with E-state index in [-0.39, 0.29) is 18.3 Å². The Bertz CT molecular complexity index is 968. The lowest BCUT2D eigenvalue weighted by Crippen LogP contribution is -2.20. The van der Waals surface area contributed by atoms with Gasteiger partial charge in [-0.05, 0) is 36.4 Å². The minimum atomic E-state index is -0.361. The third kappa shape index (κ3) is 5.58. The van der Waals surface area contributed by atoms with E-state index in [0.717, 1.165) is 0 Å². The smallest absolute Gasteiger partial charge is 0.262 e. The maximum atomic E-state index is 13.6. The van der Waals surface area contributed by atoms with Crippen molar-refractivity contribution in [3.8, 4) is 5.75 Å². The standard InChI is InChI=1S/C20H16Cl2FN3O2/c21-14-5-7-18(16(22)9-14)28-12-20(27)26-15-6-8-19(25-11-15)24-10-13-3-1-2-4-17(13)23/h1-9,11H,10,12H2,(H,24,25)(H,26,27). The van der Waals surface area contributed by atoms with E-state index in [1.807, 2.05) is 0 Å². The average molecular weight is 420 g/mol. The number of hydrogen-bond acceptors (Lipinski definition) is 4. The summed E-state index contributed by atoms with van der Waals surface area (Å²) in [5.41, 5.74) is 1.05. The molecule has 0 saturated heterocycles. The molecule has 144 valence electrons. The highest BCUT2D eigenvalue weighted by atomic mass is 35.5. The molecule has 1 aromatic heterocycles. The van der Waals surface area contributed by atoms with Gasteiger partial charge in [0.1, 0.15) is 17.4 Å². The number of rotatable bonds is 7. The van der Waals surface area contributed by atoms with Crippen molar-refractivity contribution in [2.24, 2.45) is 0 Å². The SMILES string of the molecule is O=C(COc1ccc(Cl)cc1Cl)Nc1ccc(NCc2ccccc2F)nc1. The van der Waals surface area contributed by atoms with Crippen LogP contribution in [0.5, 0.6) is 5.75 Å². The van der Waals surface area contributed by atoms with Gasteiger partial charge in [0.05, 0.1) is 16.9 Å². The van der Waals surface area contributed by atoms with Crippen LogP contribution in [0.3, 0.4) is 0 Å². The van der Waals surface area contributed by atoms with Crippen molar-refractivity contribution in [2.45, 2.75) is 6.54 Å². The van der Waals surface area contributed by atoms with Gasteiger partial charge in [0.2, 0.25) is 0 Å². The summed E-state index contributed by atoms with van der Waals surface area (Å²) < 4.78 is 19.0. The summed E-state index contributed by atoms with van der Waals surface area (Å²) in [6.45, 7) is 0.0930. The number of pyridine rings is 1. The first-order valence-corrected chi connectivity index (χ1v) is 9.08. The van der Waals surface area contributed by atoms with Crippen LogP contribution in [0.1, 0.15) is 5.56 Å². The van der Waals surface area contributed by atoms with Crippen LogP contribution >= 0.6 is 23.2 Å². The normalized spacial score (nSPS) is 10.4. The monoisotopic (exact) mass is 419 g/mol. The summed E-state index contributed by atoms with van der Waals surface area (Å²) in [5, 5.41) is 6.50. The topological polar surface area (TPSA) is 63.2 Å². The molecule has 3 rings (SSSR count). The van der Waals surface area contributed by atoms with E-state index in [4.69, 9.17) is 27.9 Å². The predicted octanol–water partition coefficient (Wildman–Crippen LogP) is 5.16. The number of anilines is 2. The highest BCUT2D eigenvalue weighted by molar-refractivity contribution is 6.35. The second-order valence-electron chi connectivity index (χ2n) is 5.79. The van der Waals surface area contributed by atoms with E-state index in [1.165, 1.54) is 18.3 Å². The van der Waals surface area contributed by atoms with Gasteiger partial charge in [0.25, 0.3) is 5.91 Å². The summed E-state index contributed by atoms with van der Waals surface area (Å²) in [7, 11) is 0. The number of benzene rings is 2. The Labute approximate surface area is 171 Å². The lowest BCUT2D eigenvalue weighted by molar-refractivity contribution is -0.118. The van der Waals surface area contributed by atoms with Crippen LogP contribution in [0, 0.1) is 5.82 Å². The molecule has 0 atom stereocenters. The fourth-order valence-electron chi connectivity index (χ4n) is 2.33. The van der Waals surface area contributed by atoms with Crippen LogP contribution in [-0.4, -0.2) is 17.5 Å². The number of hydrogen-bond donors (Lipinski definition) is 2. The lowest BCUT2D eigenvalue weighted by atomic mass is 10.2. The molecule has 0 spiro atoms. The molecule has 0 saturated carbocycles. The zero-order valence-electron chi connectivity index (χ0n) is 14.6. The number of carbonyl (C=O) groups excluding carboxylic acids is 1. The van der Waals surface area contributed by atoms with E-state index >= 15 is 0 Å². The fourth-order valence-corrected chi connectivity index (χ4v) is 2.80. The second kappa shape index (κ2) is 9.39. The first kappa shape index (κ1) is 19.9. The maximum absolute atomic E-state index is 13.6. The molecular formula is C20H16Cl2FN3O2. The van der Waals surface area contributed by atoms with Gasteiger partial charge in [-0.25, -0.2) is 9.37 Å². The van der Waals surface area contributed by atoms with E-state index in [0.29, 0.717) is 39.4 Å². The van der Waals surface area contributed by atoms with Gasteiger partial charge >= 0.3 is 0 Å². The van der Waals surface area contributed by atoms with Crippen molar-refractivity contribution in [1.82, 2.24) is 4.98 Å². The summed E-state index contributed by atoms with van der Waals surface area (Å²) in [5.74, 6) is 0.289. The summed E-state index contributed by atoms with van der Waals surface area (Å²) in [4.78, 5) is 16.2. The zero-order valence-corrected chi connectivity index (χ0v) is 16.1. The van der Waals surface area contributed by atoms with E-state index < -0.39 is 0 Å². The quantitative estimate of drug-likeness (QED) is 0.555. The third-order valence-electron chi connectivity index (χ3n) is 3.72. The van der Waals surface area contributed by atoms with E-state index in [1.54, 1.807) is 42.5 Å². The molecule has 0 aliphatic rings. The van der Waals surface area contributed by atoms with Crippen LogP contribution in [0.15, 0.2) is 60.8 Å². The highest BCUT2D eigenvalue weighted by Crippen LogP contribution is 2.27. The number of ether oxygens (including phenoxy) is 1. The molecule has 28 heavy (non-hydrogen) atoms. The van der Waals surface area contributed by atoms with Crippen molar-refractivity contribution < 1.29 is 13.9 Å². The number of nitrogens with one attached hydrogen (secondary N) is 2. The molecule has 0 aliphatic heterocycles. The Morgan fingerprint density at radius 1 is 1.11 bits per heavy atom. The second-order valence-corrected chi connectivity index (χ2v) is 6.63. The van der Waals surface area contributed by atoms with Crippen molar-refractivity contribution in [3.05, 3.63) is 82.2 Å². The Balaban J connectivity index is 1.49. The molecule has 1 amide bonds.